The third-order valence-electron chi connectivity index (χ3n) is 4.49. The Hall–Kier alpha value is -3.03. The van der Waals surface area contributed by atoms with E-state index in [4.69, 9.17) is 0 Å². The summed E-state index contributed by atoms with van der Waals surface area (Å²) >= 11 is 0. The molecule has 2 aromatic rings. The topological polar surface area (TPSA) is 103 Å². The number of nitro groups is 1. The van der Waals surface area contributed by atoms with E-state index in [1.165, 1.54) is 12.4 Å². The molecule has 122 valence electrons. The number of rotatable bonds is 2. The minimum atomic E-state index is -0.625. The first-order valence-corrected chi connectivity index (χ1v) is 7.72. The predicted molar refractivity (Wildman–Crippen MR) is 85.3 cm³/mol. The number of hydrogen-bond acceptors (Lipinski definition) is 6. The molecule has 0 amide bonds. The van der Waals surface area contributed by atoms with Crippen molar-refractivity contribution >= 4 is 17.4 Å². The molecule has 1 aromatic carbocycles. The van der Waals surface area contributed by atoms with Crippen LogP contribution in [0.2, 0.25) is 0 Å². The summed E-state index contributed by atoms with van der Waals surface area (Å²) in [6.07, 6.45) is 2.53. The van der Waals surface area contributed by atoms with Crippen LogP contribution < -0.4 is 5.32 Å². The number of carbonyl (C=O) groups is 1. The zero-order chi connectivity index (χ0) is 16.8. The van der Waals surface area contributed by atoms with Crippen molar-refractivity contribution in [3.8, 4) is 0 Å². The molecule has 8 nitrogen and oxygen atoms in total. The molecule has 2 atom stereocenters. The van der Waals surface area contributed by atoms with Crippen molar-refractivity contribution in [3.05, 3.63) is 57.5 Å². The molecule has 1 N–H and O–H groups in total. The number of ketones is 1. The molecule has 1 aliphatic heterocycles. The molecule has 0 saturated carbocycles. The van der Waals surface area contributed by atoms with Gasteiger partial charge in [0.05, 0.1) is 10.5 Å². The SMILES string of the molecule is CC1CC(=O)C2=C(C1)Nc1ncnn1C2c1ccccc1[N+](=O)[O-]. The first-order chi connectivity index (χ1) is 11.6. The quantitative estimate of drug-likeness (QED) is 0.672. The Morgan fingerprint density at radius 1 is 1.33 bits per heavy atom. The van der Waals surface area contributed by atoms with Crippen LogP contribution in [0.3, 0.4) is 0 Å². The Balaban J connectivity index is 1.96. The number of benzene rings is 1. The number of anilines is 1. The van der Waals surface area contributed by atoms with Crippen LogP contribution in [-0.4, -0.2) is 25.5 Å². The van der Waals surface area contributed by atoms with Crippen LogP contribution in [0.25, 0.3) is 0 Å². The second-order valence-corrected chi connectivity index (χ2v) is 6.20. The summed E-state index contributed by atoms with van der Waals surface area (Å²) in [5.74, 6) is 0.726. The summed E-state index contributed by atoms with van der Waals surface area (Å²) in [6.45, 7) is 2.02. The molecule has 24 heavy (non-hydrogen) atoms. The van der Waals surface area contributed by atoms with Crippen molar-refractivity contribution in [1.29, 1.82) is 0 Å². The molecular weight excluding hydrogens is 310 g/mol. The molecular formula is C16H15N5O3. The maximum absolute atomic E-state index is 12.7. The summed E-state index contributed by atoms with van der Waals surface area (Å²) in [6, 6.07) is 5.85. The van der Waals surface area contributed by atoms with Crippen LogP contribution in [-0.2, 0) is 4.79 Å². The number of nitrogens with one attached hydrogen (secondary N) is 1. The molecule has 8 heteroatoms. The van der Waals surface area contributed by atoms with Gasteiger partial charge in [-0.1, -0.05) is 19.1 Å². The molecule has 4 rings (SSSR count). The van der Waals surface area contributed by atoms with Crippen LogP contribution in [0.5, 0.6) is 0 Å². The predicted octanol–water partition coefficient (Wildman–Crippen LogP) is 2.45. The second-order valence-electron chi connectivity index (χ2n) is 6.20. The molecule has 1 aromatic heterocycles. The summed E-state index contributed by atoms with van der Waals surface area (Å²) in [5, 5.41) is 18.8. The molecule has 0 fully saturated rings. The van der Waals surface area contributed by atoms with Crippen LogP contribution in [0, 0.1) is 16.0 Å². The monoisotopic (exact) mass is 325 g/mol. The van der Waals surface area contributed by atoms with E-state index in [9.17, 15) is 14.9 Å². The van der Waals surface area contributed by atoms with Gasteiger partial charge >= 0.3 is 0 Å². The highest BCUT2D eigenvalue weighted by molar-refractivity contribution is 5.99. The summed E-state index contributed by atoms with van der Waals surface area (Å²) in [7, 11) is 0. The van der Waals surface area contributed by atoms with Gasteiger partial charge in [0.25, 0.3) is 5.69 Å². The maximum Gasteiger partial charge on any atom is 0.275 e. The smallest absolute Gasteiger partial charge is 0.275 e. The van der Waals surface area contributed by atoms with E-state index in [1.54, 1.807) is 22.9 Å². The normalized spacial score (nSPS) is 22.6. The number of carbonyl (C=O) groups excluding carboxylic acids is 1. The lowest BCUT2D eigenvalue weighted by atomic mass is 9.81. The zero-order valence-corrected chi connectivity index (χ0v) is 13.0. The molecule has 0 saturated heterocycles. The highest BCUT2D eigenvalue weighted by Gasteiger charge is 2.40. The van der Waals surface area contributed by atoms with E-state index in [-0.39, 0.29) is 17.4 Å². The number of para-hydroxylation sites is 1. The number of nitro benzene ring substituents is 1. The highest BCUT2D eigenvalue weighted by atomic mass is 16.6. The summed E-state index contributed by atoms with van der Waals surface area (Å²) < 4.78 is 1.55. The minimum Gasteiger partial charge on any atom is -0.328 e. The Morgan fingerprint density at radius 2 is 2.12 bits per heavy atom. The fraction of sp³-hybridized carbons (Fsp3) is 0.312. The Morgan fingerprint density at radius 3 is 2.92 bits per heavy atom. The van der Waals surface area contributed by atoms with E-state index in [0.29, 0.717) is 29.9 Å². The van der Waals surface area contributed by atoms with Gasteiger partial charge in [-0.3, -0.25) is 14.9 Å². The Kier molecular flexibility index (Phi) is 3.19. The van der Waals surface area contributed by atoms with Gasteiger partial charge in [0.15, 0.2) is 5.78 Å². The molecule has 2 heterocycles. The van der Waals surface area contributed by atoms with Gasteiger partial charge in [-0.05, 0) is 18.4 Å². The van der Waals surface area contributed by atoms with Crippen molar-refractivity contribution in [2.45, 2.75) is 25.8 Å². The lowest BCUT2D eigenvalue weighted by Crippen LogP contribution is -2.33. The standard InChI is InChI=1S/C16H15N5O3/c1-9-6-11-14(13(22)7-9)15(20-16(19-11)17-8-18-20)10-4-2-3-5-12(10)21(23)24/h2-5,8-9,15H,6-7H2,1H3,(H,17,18,19). The van der Waals surface area contributed by atoms with Crippen molar-refractivity contribution in [1.82, 2.24) is 14.8 Å². The Bertz CT molecular complexity index is 885. The van der Waals surface area contributed by atoms with Crippen molar-refractivity contribution < 1.29 is 9.72 Å². The van der Waals surface area contributed by atoms with Crippen molar-refractivity contribution in [2.24, 2.45) is 5.92 Å². The molecule has 0 spiro atoms. The van der Waals surface area contributed by atoms with Crippen LogP contribution in [0.15, 0.2) is 41.9 Å². The second kappa shape index (κ2) is 5.26. The maximum atomic E-state index is 12.7. The number of Topliss-reactive ketones (excluding diaryl/α,β-unsaturated/α-hetero) is 1. The van der Waals surface area contributed by atoms with Gasteiger partial charge in [-0.15, -0.1) is 0 Å². The van der Waals surface area contributed by atoms with Gasteiger partial charge < -0.3 is 5.32 Å². The molecule has 2 unspecified atom stereocenters. The molecule has 0 bridgehead atoms. The van der Waals surface area contributed by atoms with Gasteiger partial charge in [0, 0.05) is 23.8 Å². The third kappa shape index (κ3) is 2.10. The van der Waals surface area contributed by atoms with E-state index in [1.807, 2.05) is 6.92 Å². The van der Waals surface area contributed by atoms with Crippen LogP contribution in [0.4, 0.5) is 11.6 Å². The van der Waals surface area contributed by atoms with Gasteiger partial charge in [0.2, 0.25) is 5.95 Å². The molecule has 0 radical (unpaired) electrons. The fourth-order valence-corrected chi connectivity index (χ4v) is 3.52. The minimum absolute atomic E-state index is 0.000510. The summed E-state index contributed by atoms with van der Waals surface area (Å²) in [5.41, 5.74) is 1.78. The first-order valence-electron chi connectivity index (χ1n) is 7.72. The largest absolute Gasteiger partial charge is 0.328 e. The van der Waals surface area contributed by atoms with E-state index in [0.717, 1.165) is 5.70 Å². The number of hydrogen-bond donors (Lipinski definition) is 1. The van der Waals surface area contributed by atoms with E-state index < -0.39 is 11.0 Å². The van der Waals surface area contributed by atoms with E-state index >= 15 is 0 Å². The zero-order valence-electron chi connectivity index (χ0n) is 13.0. The number of allylic oxidation sites excluding steroid dienone is 2. The first kappa shape index (κ1) is 14.6. The highest BCUT2D eigenvalue weighted by Crippen LogP contribution is 2.43. The lowest BCUT2D eigenvalue weighted by molar-refractivity contribution is -0.385. The van der Waals surface area contributed by atoms with Crippen molar-refractivity contribution in [3.63, 3.8) is 0 Å². The third-order valence-corrected chi connectivity index (χ3v) is 4.49. The molecule has 2 aliphatic rings. The van der Waals surface area contributed by atoms with Crippen LogP contribution in [0.1, 0.15) is 31.4 Å². The fourth-order valence-electron chi connectivity index (χ4n) is 3.52. The van der Waals surface area contributed by atoms with Crippen LogP contribution >= 0.6 is 0 Å². The number of fused-ring (bicyclic) bond motifs is 1. The molecule has 1 aliphatic carbocycles. The summed E-state index contributed by atoms with van der Waals surface area (Å²) in [4.78, 5) is 27.9. The average Bonchev–Trinajstić information content (AvgIpc) is 3.00. The van der Waals surface area contributed by atoms with Gasteiger partial charge in [0.1, 0.15) is 12.4 Å². The Labute approximate surface area is 137 Å². The lowest BCUT2D eigenvalue weighted by Gasteiger charge is -2.33. The number of nitrogens with zero attached hydrogens (tertiary/aromatic N) is 4. The van der Waals surface area contributed by atoms with Crippen molar-refractivity contribution in [2.75, 3.05) is 5.32 Å². The van der Waals surface area contributed by atoms with E-state index in [2.05, 4.69) is 15.4 Å². The number of aromatic nitrogens is 3. The average molecular weight is 325 g/mol. The van der Waals surface area contributed by atoms with Gasteiger partial charge in [-0.25, -0.2) is 4.68 Å². The van der Waals surface area contributed by atoms with Gasteiger partial charge in [-0.2, -0.15) is 10.1 Å².